The summed E-state index contributed by atoms with van der Waals surface area (Å²) in [5, 5.41) is 0. The highest BCUT2D eigenvalue weighted by Gasteiger charge is 2.16. The van der Waals surface area contributed by atoms with Crippen LogP contribution in [0.15, 0.2) is 12.1 Å². The lowest BCUT2D eigenvalue weighted by Gasteiger charge is -2.21. The minimum absolute atomic E-state index is 0.0517. The van der Waals surface area contributed by atoms with Crippen LogP contribution in [0.25, 0.3) is 0 Å². The first kappa shape index (κ1) is 10.6. The first-order chi connectivity index (χ1) is 7.22. The van der Waals surface area contributed by atoms with Gasteiger partial charge in [0.25, 0.3) is 0 Å². The third kappa shape index (κ3) is 2.06. The molecule has 15 heavy (non-hydrogen) atoms. The van der Waals surface area contributed by atoms with E-state index in [9.17, 15) is 0 Å². The number of nitrogens with two attached hydrogens (primary N) is 1. The molecule has 0 saturated heterocycles. The molecular weight excluding hydrogens is 210 g/mol. The zero-order chi connectivity index (χ0) is 10.8. The van der Waals surface area contributed by atoms with Crippen molar-refractivity contribution in [2.45, 2.75) is 13.0 Å². The molecule has 0 aromatic heterocycles. The zero-order valence-electron chi connectivity index (χ0n) is 8.69. The molecule has 1 atom stereocenters. The maximum atomic E-state index is 5.96. The third-order valence-corrected chi connectivity index (χ3v) is 2.92. The van der Waals surface area contributed by atoms with Crippen LogP contribution in [0.1, 0.15) is 17.2 Å². The molecule has 0 spiro atoms. The molecule has 1 unspecified atom stereocenters. The van der Waals surface area contributed by atoms with Crippen LogP contribution in [-0.4, -0.2) is 19.0 Å². The van der Waals surface area contributed by atoms with Gasteiger partial charge in [0.2, 0.25) is 0 Å². The van der Waals surface area contributed by atoms with Crippen LogP contribution in [0, 0.1) is 6.92 Å². The van der Waals surface area contributed by atoms with Crippen LogP contribution in [-0.2, 0) is 0 Å². The molecule has 0 amide bonds. The molecule has 1 aromatic rings. The summed E-state index contributed by atoms with van der Waals surface area (Å²) in [4.78, 5) is 0. The summed E-state index contributed by atoms with van der Waals surface area (Å²) in [6.45, 7) is 3.24. The van der Waals surface area contributed by atoms with Gasteiger partial charge in [-0.2, -0.15) is 12.6 Å². The number of ether oxygens (including phenoxy) is 2. The van der Waals surface area contributed by atoms with Crippen LogP contribution in [0.5, 0.6) is 11.5 Å². The fourth-order valence-corrected chi connectivity index (χ4v) is 1.90. The van der Waals surface area contributed by atoms with Crippen molar-refractivity contribution in [1.29, 1.82) is 0 Å². The number of benzene rings is 1. The van der Waals surface area contributed by atoms with Crippen molar-refractivity contribution in [3.63, 3.8) is 0 Å². The van der Waals surface area contributed by atoms with Gasteiger partial charge in [-0.1, -0.05) is 0 Å². The second kappa shape index (κ2) is 4.33. The number of rotatable bonds is 2. The van der Waals surface area contributed by atoms with E-state index in [0.717, 1.165) is 22.6 Å². The Hall–Kier alpha value is -0.870. The van der Waals surface area contributed by atoms with E-state index >= 15 is 0 Å². The first-order valence-electron chi connectivity index (χ1n) is 4.99. The molecule has 1 aliphatic heterocycles. The normalized spacial score (nSPS) is 16.2. The number of thiol groups is 1. The summed E-state index contributed by atoms with van der Waals surface area (Å²) >= 11 is 4.20. The molecule has 1 aromatic carbocycles. The van der Waals surface area contributed by atoms with Crippen LogP contribution >= 0.6 is 12.6 Å². The molecule has 0 aliphatic carbocycles. The second-order valence-corrected chi connectivity index (χ2v) is 4.01. The van der Waals surface area contributed by atoms with Crippen molar-refractivity contribution in [2.75, 3.05) is 19.0 Å². The quantitative estimate of drug-likeness (QED) is 0.753. The number of hydrogen-bond donors (Lipinski definition) is 2. The van der Waals surface area contributed by atoms with E-state index in [4.69, 9.17) is 15.2 Å². The Bertz CT molecular complexity index is 368. The largest absolute Gasteiger partial charge is 0.486 e. The Morgan fingerprint density at radius 2 is 1.93 bits per heavy atom. The topological polar surface area (TPSA) is 44.5 Å². The molecule has 1 heterocycles. The Labute approximate surface area is 95.0 Å². The zero-order valence-corrected chi connectivity index (χ0v) is 9.59. The number of fused-ring (bicyclic) bond motifs is 1. The summed E-state index contributed by atoms with van der Waals surface area (Å²) in [6.07, 6.45) is 0. The van der Waals surface area contributed by atoms with Crippen molar-refractivity contribution >= 4 is 12.6 Å². The summed E-state index contributed by atoms with van der Waals surface area (Å²) in [6, 6.07) is 3.89. The van der Waals surface area contributed by atoms with Crippen LogP contribution < -0.4 is 15.2 Å². The molecule has 4 heteroatoms. The smallest absolute Gasteiger partial charge is 0.161 e. The van der Waals surface area contributed by atoms with E-state index in [-0.39, 0.29) is 6.04 Å². The second-order valence-electron chi connectivity index (χ2n) is 3.64. The molecule has 3 nitrogen and oxygen atoms in total. The lowest BCUT2D eigenvalue weighted by atomic mass is 10.0. The predicted molar refractivity (Wildman–Crippen MR) is 63.0 cm³/mol. The molecule has 2 rings (SSSR count). The summed E-state index contributed by atoms with van der Waals surface area (Å²) in [5.41, 5.74) is 8.16. The molecule has 2 N–H and O–H groups in total. The lowest BCUT2D eigenvalue weighted by Crippen LogP contribution is -2.18. The van der Waals surface area contributed by atoms with Crippen molar-refractivity contribution in [3.05, 3.63) is 23.3 Å². The fourth-order valence-electron chi connectivity index (χ4n) is 1.70. The fraction of sp³-hybridized carbons (Fsp3) is 0.455. The minimum Gasteiger partial charge on any atom is -0.486 e. The molecule has 1 aliphatic rings. The summed E-state index contributed by atoms with van der Waals surface area (Å²) in [7, 11) is 0. The van der Waals surface area contributed by atoms with Gasteiger partial charge in [-0.3, -0.25) is 0 Å². The van der Waals surface area contributed by atoms with Crippen LogP contribution in [0.4, 0.5) is 0 Å². The molecule has 0 bridgehead atoms. The van der Waals surface area contributed by atoms with Crippen LogP contribution in [0.2, 0.25) is 0 Å². The average molecular weight is 225 g/mol. The highest BCUT2D eigenvalue weighted by Crippen LogP contribution is 2.34. The maximum absolute atomic E-state index is 5.96. The van der Waals surface area contributed by atoms with E-state index in [0.29, 0.717) is 19.0 Å². The van der Waals surface area contributed by atoms with Gasteiger partial charge in [-0.25, -0.2) is 0 Å². The van der Waals surface area contributed by atoms with Gasteiger partial charge in [-0.15, -0.1) is 0 Å². The molecular formula is C11H15NO2S. The SMILES string of the molecule is Cc1cc2c(cc1C(N)CS)OCCO2. The highest BCUT2D eigenvalue weighted by atomic mass is 32.1. The molecule has 0 saturated carbocycles. The van der Waals surface area contributed by atoms with Crippen molar-refractivity contribution < 1.29 is 9.47 Å². The Balaban J connectivity index is 2.40. The number of hydrogen-bond acceptors (Lipinski definition) is 4. The molecule has 82 valence electrons. The Morgan fingerprint density at radius 1 is 1.33 bits per heavy atom. The Kier molecular flexibility index (Phi) is 3.07. The van der Waals surface area contributed by atoms with Gasteiger partial charge >= 0.3 is 0 Å². The van der Waals surface area contributed by atoms with Gasteiger partial charge in [0, 0.05) is 11.8 Å². The van der Waals surface area contributed by atoms with Gasteiger partial charge in [0.05, 0.1) is 0 Å². The predicted octanol–water partition coefficient (Wildman–Crippen LogP) is 1.70. The van der Waals surface area contributed by atoms with E-state index < -0.39 is 0 Å². The average Bonchev–Trinajstić information content (AvgIpc) is 2.27. The van der Waals surface area contributed by atoms with Crippen LogP contribution in [0.3, 0.4) is 0 Å². The Morgan fingerprint density at radius 3 is 2.53 bits per heavy atom. The van der Waals surface area contributed by atoms with E-state index in [1.54, 1.807) is 0 Å². The lowest BCUT2D eigenvalue weighted by molar-refractivity contribution is 0.171. The van der Waals surface area contributed by atoms with E-state index in [2.05, 4.69) is 12.6 Å². The summed E-state index contributed by atoms with van der Waals surface area (Å²) in [5.74, 6) is 2.23. The standard InChI is InChI=1S/C11H15NO2S/c1-7-4-10-11(14-3-2-13-10)5-8(7)9(12)6-15/h4-5,9,15H,2-3,6,12H2,1H3. The van der Waals surface area contributed by atoms with Crippen molar-refractivity contribution in [1.82, 2.24) is 0 Å². The van der Waals surface area contributed by atoms with Gasteiger partial charge in [0.15, 0.2) is 11.5 Å². The van der Waals surface area contributed by atoms with E-state index in [1.807, 2.05) is 19.1 Å². The maximum Gasteiger partial charge on any atom is 0.161 e. The summed E-state index contributed by atoms with van der Waals surface area (Å²) < 4.78 is 11.0. The monoisotopic (exact) mass is 225 g/mol. The molecule has 0 fully saturated rings. The molecule has 0 radical (unpaired) electrons. The third-order valence-electron chi connectivity index (χ3n) is 2.53. The van der Waals surface area contributed by atoms with Crippen molar-refractivity contribution in [3.8, 4) is 11.5 Å². The van der Waals surface area contributed by atoms with Gasteiger partial charge < -0.3 is 15.2 Å². The first-order valence-corrected chi connectivity index (χ1v) is 5.62. The van der Waals surface area contributed by atoms with Gasteiger partial charge in [-0.05, 0) is 30.2 Å². The number of aryl methyl sites for hydroxylation is 1. The highest BCUT2D eigenvalue weighted by molar-refractivity contribution is 7.80. The van der Waals surface area contributed by atoms with Crippen molar-refractivity contribution in [2.24, 2.45) is 5.73 Å². The van der Waals surface area contributed by atoms with Gasteiger partial charge in [0.1, 0.15) is 13.2 Å². The van der Waals surface area contributed by atoms with E-state index in [1.165, 1.54) is 0 Å². The minimum atomic E-state index is -0.0517.